The number of carbonyl (C=O) groups is 1. The molecule has 0 radical (unpaired) electrons. The standard InChI is InChI=1S/C14H23N3O3S/c1-5-17(6-2)14(18)10-16(4)21(19,20)13-9-7-8-12(15)11(13)3/h7-9H,5-6,10,15H2,1-4H3. The van der Waals surface area contributed by atoms with E-state index >= 15 is 0 Å². The third kappa shape index (κ3) is 3.74. The van der Waals surface area contributed by atoms with Crippen molar-refractivity contribution in [1.29, 1.82) is 0 Å². The fourth-order valence-corrected chi connectivity index (χ4v) is 3.40. The number of rotatable bonds is 6. The Kier molecular flexibility index (Phi) is 5.74. The summed E-state index contributed by atoms with van der Waals surface area (Å²) in [6.45, 7) is 6.30. The molecule has 0 heterocycles. The number of sulfonamides is 1. The predicted molar refractivity (Wildman–Crippen MR) is 83.3 cm³/mol. The molecule has 0 saturated heterocycles. The van der Waals surface area contributed by atoms with Gasteiger partial charge in [-0.05, 0) is 38.5 Å². The Balaban J connectivity index is 3.03. The van der Waals surface area contributed by atoms with Gasteiger partial charge in [-0.25, -0.2) is 8.42 Å². The maximum Gasteiger partial charge on any atom is 0.243 e. The van der Waals surface area contributed by atoms with Gasteiger partial charge in [-0.2, -0.15) is 4.31 Å². The number of carbonyl (C=O) groups excluding carboxylic acids is 1. The van der Waals surface area contributed by atoms with Gasteiger partial charge in [-0.1, -0.05) is 6.07 Å². The van der Waals surface area contributed by atoms with Crippen LogP contribution in [0.25, 0.3) is 0 Å². The lowest BCUT2D eigenvalue weighted by molar-refractivity contribution is -0.130. The molecule has 0 spiro atoms. The van der Waals surface area contributed by atoms with Gasteiger partial charge in [0.05, 0.1) is 11.4 Å². The van der Waals surface area contributed by atoms with E-state index in [9.17, 15) is 13.2 Å². The number of amides is 1. The van der Waals surface area contributed by atoms with Crippen molar-refractivity contribution in [1.82, 2.24) is 9.21 Å². The lowest BCUT2D eigenvalue weighted by Crippen LogP contribution is -2.41. The summed E-state index contributed by atoms with van der Waals surface area (Å²) in [4.78, 5) is 13.8. The zero-order valence-electron chi connectivity index (χ0n) is 13.0. The minimum atomic E-state index is -3.73. The lowest BCUT2D eigenvalue weighted by atomic mass is 10.2. The Morgan fingerprint density at radius 2 is 1.81 bits per heavy atom. The van der Waals surface area contributed by atoms with Crippen molar-refractivity contribution in [2.45, 2.75) is 25.7 Å². The minimum Gasteiger partial charge on any atom is -0.398 e. The van der Waals surface area contributed by atoms with Crippen LogP contribution in [0, 0.1) is 6.92 Å². The van der Waals surface area contributed by atoms with E-state index in [-0.39, 0.29) is 17.3 Å². The van der Waals surface area contributed by atoms with Crippen LogP contribution >= 0.6 is 0 Å². The molecule has 6 nitrogen and oxygen atoms in total. The van der Waals surface area contributed by atoms with Crippen molar-refractivity contribution in [3.8, 4) is 0 Å². The van der Waals surface area contributed by atoms with Crippen LogP contribution in [0.4, 0.5) is 5.69 Å². The van der Waals surface area contributed by atoms with Crippen LogP contribution in [-0.4, -0.2) is 50.2 Å². The fourth-order valence-electron chi connectivity index (χ4n) is 2.03. The fraction of sp³-hybridized carbons (Fsp3) is 0.500. The molecule has 1 rings (SSSR count). The van der Waals surface area contributed by atoms with Gasteiger partial charge in [-0.3, -0.25) is 4.79 Å². The molecule has 7 heteroatoms. The van der Waals surface area contributed by atoms with E-state index < -0.39 is 10.0 Å². The van der Waals surface area contributed by atoms with Gasteiger partial charge in [0.25, 0.3) is 0 Å². The van der Waals surface area contributed by atoms with Crippen LogP contribution in [-0.2, 0) is 14.8 Å². The first-order valence-corrected chi connectivity index (χ1v) is 8.28. The molecule has 0 aliphatic carbocycles. The quantitative estimate of drug-likeness (QED) is 0.796. The van der Waals surface area contributed by atoms with Gasteiger partial charge < -0.3 is 10.6 Å². The number of benzene rings is 1. The maximum atomic E-state index is 12.5. The molecule has 21 heavy (non-hydrogen) atoms. The van der Waals surface area contributed by atoms with Crippen molar-refractivity contribution in [3.05, 3.63) is 23.8 Å². The molecule has 0 aliphatic rings. The summed E-state index contributed by atoms with van der Waals surface area (Å²) in [7, 11) is -2.33. The molecule has 0 bridgehead atoms. The molecule has 1 aromatic carbocycles. The summed E-state index contributed by atoms with van der Waals surface area (Å²) in [5, 5.41) is 0. The van der Waals surface area contributed by atoms with Crippen LogP contribution in [0.15, 0.2) is 23.1 Å². The maximum absolute atomic E-state index is 12.5. The van der Waals surface area contributed by atoms with Gasteiger partial charge in [0.1, 0.15) is 0 Å². The van der Waals surface area contributed by atoms with Crippen molar-refractivity contribution in [3.63, 3.8) is 0 Å². The first-order valence-electron chi connectivity index (χ1n) is 6.84. The average Bonchev–Trinajstić information content (AvgIpc) is 2.42. The molecular weight excluding hydrogens is 290 g/mol. The molecule has 0 aromatic heterocycles. The average molecular weight is 313 g/mol. The van der Waals surface area contributed by atoms with E-state index in [0.717, 1.165) is 4.31 Å². The van der Waals surface area contributed by atoms with Crippen molar-refractivity contribution in [2.75, 3.05) is 32.4 Å². The van der Waals surface area contributed by atoms with E-state index in [1.54, 1.807) is 24.0 Å². The molecular formula is C14H23N3O3S. The van der Waals surface area contributed by atoms with E-state index in [1.807, 2.05) is 13.8 Å². The number of nitrogen functional groups attached to an aromatic ring is 1. The van der Waals surface area contributed by atoms with Gasteiger partial charge in [0.15, 0.2) is 0 Å². The van der Waals surface area contributed by atoms with E-state index in [2.05, 4.69) is 0 Å². The van der Waals surface area contributed by atoms with Crippen LogP contribution in [0.5, 0.6) is 0 Å². The first-order chi connectivity index (χ1) is 9.75. The summed E-state index contributed by atoms with van der Waals surface area (Å²) in [5.41, 5.74) is 6.67. The van der Waals surface area contributed by atoms with Crippen LogP contribution < -0.4 is 5.73 Å². The SMILES string of the molecule is CCN(CC)C(=O)CN(C)S(=O)(=O)c1cccc(N)c1C. The van der Waals surface area contributed by atoms with Crippen LogP contribution in [0.1, 0.15) is 19.4 Å². The second-order valence-electron chi connectivity index (χ2n) is 4.80. The molecule has 1 amide bonds. The van der Waals surface area contributed by atoms with E-state index in [1.165, 1.54) is 13.1 Å². The number of likely N-dealkylation sites (N-methyl/N-ethyl adjacent to an activating group) is 2. The van der Waals surface area contributed by atoms with E-state index in [4.69, 9.17) is 5.73 Å². The van der Waals surface area contributed by atoms with Crippen LogP contribution in [0.2, 0.25) is 0 Å². The van der Waals surface area contributed by atoms with Crippen molar-refractivity contribution >= 4 is 21.6 Å². The Hall–Kier alpha value is -1.60. The zero-order chi connectivity index (χ0) is 16.2. The summed E-state index contributed by atoms with van der Waals surface area (Å²) >= 11 is 0. The monoisotopic (exact) mass is 313 g/mol. The highest BCUT2D eigenvalue weighted by Gasteiger charge is 2.26. The van der Waals surface area contributed by atoms with Gasteiger partial charge in [-0.15, -0.1) is 0 Å². The Labute approximate surface area is 126 Å². The van der Waals surface area contributed by atoms with Gasteiger partial charge in [0.2, 0.25) is 15.9 Å². The van der Waals surface area contributed by atoms with Crippen molar-refractivity contribution in [2.24, 2.45) is 0 Å². The van der Waals surface area contributed by atoms with Crippen LogP contribution in [0.3, 0.4) is 0 Å². The Morgan fingerprint density at radius 1 is 1.24 bits per heavy atom. The molecule has 0 fully saturated rings. The summed E-state index contributed by atoms with van der Waals surface area (Å²) in [6, 6.07) is 4.74. The number of anilines is 1. The highest BCUT2D eigenvalue weighted by molar-refractivity contribution is 7.89. The third-order valence-electron chi connectivity index (χ3n) is 3.49. The van der Waals surface area contributed by atoms with Gasteiger partial charge in [0, 0.05) is 25.8 Å². The van der Waals surface area contributed by atoms with E-state index in [0.29, 0.717) is 24.3 Å². The largest absolute Gasteiger partial charge is 0.398 e. The third-order valence-corrected chi connectivity index (χ3v) is 5.44. The molecule has 2 N–H and O–H groups in total. The lowest BCUT2D eigenvalue weighted by Gasteiger charge is -2.23. The number of nitrogens with two attached hydrogens (primary N) is 1. The smallest absolute Gasteiger partial charge is 0.243 e. The normalized spacial score (nSPS) is 11.7. The van der Waals surface area contributed by atoms with Crippen molar-refractivity contribution < 1.29 is 13.2 Å². The molecule has 1 aromatic rings. The minimum absolute atomic E-state index is 0.136. The predicted octanol–water partition coefficient (Wildman–Crippen LogP) is 1.07. The second kappa shape index (κ2) is 6.91. The highest BCUT2D eigenvalue weighted by atomic mass is 32.2. The molecule has 0 unspecified atom stereocenters. The molecule has 0 aliphatic heterocycles. The Morgan fingerprint density at radius 3 is 2.33 bits per heavy atom. The topological polar surface area (TPSA) is 83.7 Å². The zero-order valence-corrected chi connectivity index (χ0v) is 13.8. The summed E-state index contributed by atoms with van der Waals surface area (Å²) in [6.07, 6.45) is 0. The Bertz CT molecular complexity index is 610. The van der Waals surface area contributed by atoms with Gasteiger partial charge >= 0.3 is 0 Å². The summed E-state index contributed by atoms with van der Waals surface area (Å²) < 4.78 is 26.1. The first kappa shape index (κ1) is 17.5. The summed E-state index contributed by atoms with van der Waals surface area (Å²) in [5.74, 6) is -0.215. The molecule has 118 valence electrons. The molecule has 0 saturated carbocycles. The number of hydrogen-bond acceptors (Lipinski definition) is 4. The molecule has 0 atom stereocenters. The second-order valence-corrected chi connectivity index (χ2v) is 6.81. The number of nitrogens with zero attached hydrogens (tertiary/aromatic N) is 2. The highest BCUT2D eigenvalue weighted by Crippen LogP contribution is 2.23. The number of hydrogen-bond donors (Lipinski definition) is 1.